The fourth-order valence-corrected chi connectivity index (χ4v) is 1.98. The van der Waals surface area contributed by atoms with Crippen LogP contribution >= 0.6 is 0 Å². The van der Waals surface area contributed by atoms with Crippen molar-refractivity contribution in [2.75, 3.05) is 5.75 Å². The van der Waals surface area contributed by atoms with Gasteiger partial charge in [-0.15, -0.1) is 0 Å². The third-order valence-electron chi connectivity index (χ3n) is 2.41. The van der Waals surface area contributed by atoms with Gasteiger partial charge < -0.3 is 4.74 Å². The van der Waals surface area contributed by atoms with E-state index in [1.165, 1.54) is 13.8 Å². The van der Waals surface area contributed by atoms with Crippen LogP contribution in [-0.4, -0.2) is 30.2 Å². The second kappa shape index (κ2) is 4.71. The highest BCUT2D eigenvalue weighted by atomic mass is 32.2. The van der Waals surface area contributed by atoms with Crippen molar-refractivity contribution in [3.05, 3.63) is 0 Å². The number of hydrogen-bond donors (Lipinski definition) is 2. The Morgan fingerprint density at radius 2 is 1.75 bits per heavy atom. The summed E-state index contributed by atoms with van der Waals surface area (Å²) in [6, 6.07) is 0. The summed E-state index contributed by atoms with van der Waals surface area (Å²) in [7, 11) is -4.10. The van der Waals surface area contributed by atoms with Crippen molar-refractivity contribution in [2.45, 2.75) is 46.6 Å². The zero-order valence-corrected chi connectivity index (χ0v) is 11.3. The first-order valence-electron chi connectivity index (χ1n) is 5.13. The molecular formula is C10H21NO4S. The maximum atomic E-state index is 10.8. The van der Waals surface area contributed by atoms with Crippen LogP contribution in [0.5, 0.6) is 0 Å². The molecule has 0 radical (unpaired) electrons. The summed E-state index contributed by atoms with van der Waals surface area (Å²) in [5.41, 5.74) is -1.53. The van der Waals surface area contributed by atoms with Crippen molar-refractivity contribution < 1.29 is 17.7 Å². The normalized spacial score (nSPS) is 13.6. The summed E-state index contributed by atoms with van der Waals surface area (Å²) in [6.45, 7) is 8.67. The summed E-state index contributed by atoms with van der Waals surface area (Å²) >= 11 is 0. The van der Waals surface area contributed by atoms with Gasteiger partial charge in [0.05, 0.1) is 0 Å². The largest absolute Gasteiger partial charge is 0.474 e. The van der Waals surface area contributed by atoms with Gasteiger partial charge in [-0.2, -0.15) is 8.42 Å². The van der Waals surface area contributed by atoms with E-state index in [2.05, 4.69) is 0 Å². The smallest absolute Gasteiger partial charge is 0.268 e. The van der Waals surface area contributed by atoms with Crippen LogP contribution in [0.1, 0.15) is 41.0 Å². The molecule has 0 aliphatic carbocycles. The van der Waals surface area contributed by atoms with E-state index in [1.54, 1.807) is 0 Å². The first kappa shape index (κ1) is 15.4. The van der Waals surface area contributed by atoms with Crippen molar-refractivity contribution in [3.8, 4) is 0 Å². The highest BCUT2D eigenvalue weighted by Crippen LogP contribution is 2.25. The fraction of sp³-hybridized carbons (Fsp3) is 0.900. The molecule has 0 atom stereocenters. The lowest BCUT2D eigenvalue weighted by Crippen LogP contribution is -2.39. The Morgan fingerprint density at radius 1 is 1.31 bits per heavy atom. The second-order valence-corrected chi connectivity index (χ2v) is 6.61. The molecule has 0 saturated carbocycles. The topological polar surface area (TPSA) is 87.5 Å². The van der Waals surface area contributed by atoms with Crippen molar-refractivity contribution >= 4 is 16.0 Å². The van der Waals surface area contributed by atoms with E-state index in [9.17, 15) is 8.42 Å². The molecule has 0 fully saturated rings. The molecule has 0 rings (SSSR count). The van der Waals surface area contributed by atoms with E-state index in [-0.39, 0.29) is 5.90 Å². The SMILES string of the molecule is CCC(C)(C)C(=N)OC(C)(C)CS(=O)(=O)O. The van der Waals surface area contributed by atoms with E-state index >= 15 is 0 Å². The van der Waals surface area contributed by atoms with Crippen LogP contribution in [0.25, 0.3) is 0 Å². The van der Waals surface area contributed by atoms with Crippen LogP contribution < -0.4 is 0 Å². The molecule has 0 aromatic heterocycles. The van der Waals surface area contributed by atoms with Crippen LogP contribution in [-0.2, 0) is 14.9 Å². The Kier molecular flexibility index (Phi) is 4.53. The Hall–Kier alpha value is -0.620. The summed E-state index contributed by atoms with van der Waals surface area (Å²) in [4.78, 5) is 0. The molecule has 16 heavy (non-hydrogen) atoms. The number of ether oxygens (including phenoxy) is 1. The van der Waals surface area contributed by atoms with Gasteiger partial charge in [0.1, 0.15) is 11.4 Å². The quantitative estimate of drug-likeness (QED) is 0.445. The molecule has 0 spiro atoms. The van der Waals surface area contributed by atoms with Gasteiger partial charge in [0.25, 0.3) is 10.1 Å². The fourth-order valence-electron chi connectivity index (χ4n) is 1.04. The van der Waals surface area contributed by atoms with Crippen molar-refractivity contribution in [2.24, 2.45) is 5.41 Å². The molecule has 2 N–H and O–H groups in total. The van der Waals surface area contributed by atoms with Gasteiger partial charge in [-0.25, -0.2) is 0 Å². The Bertz CT molecular complexity index is 357. The predicted octanol–water partition coefficient (Wildman–Crippen LogP) is 2.08. The molecule has 0 aromatic rings. The van der Waals surface area contributed by atoms with Gasteiger partial charge in [-0.3, -0.25) is 9.96 Å². The van der Waals surface area contributed by atoms with Gasteiger partial charge in [0, 0.05) is 5.41 Å². The minimum Gasteiger partial charge on any atom is -0.474 e. The Labute approximate surface area is 97.5 Å². The molecule has 0 heterocycles. The van der Waals surface area contributed by atoms with Gasteiger partial charge in [-0.1, -0.05) is 20.8 Å². The number of nitrogens with one attached hydrogen (secondary N) is 1. The van der Waals surface area contributed by atoms with Gasteiger partial charge >= 0.3 is 0 Å². The average molecular weight is 251 g/mol. The zero-order chi connectivity index (χ0) is 13.2. The highest BCUT2D eigenvalue weighted by Gasteiger charge is 2.32. The second-order valence-electron chi connectivity index (χ2n) is 5.15. The van der Waals surface area contributed by atoms with E-state index in [0.717, 1.165) is 0 Å². The number of hydrogen-bond acceptors (Lipinski definition) is 4. The molecule has 6 heteroatoms. The van der Waals surface area contributed by atoms with E-state index in [4.69, 9.17) is 14.7 Å². The molecule has 0 amide bonds. The molecule has 0 saturated heterocycles. The predicted molar refractivity (Wildman–Crippen MR) is 63.4 cm³/mol. The average Bonchev–Trinajstić information content (AvgIpc) is 1.98. The minimum absolute atomic E-state index is 0.0312. The lowest BCUT2D eigenvalue weighted by Gasteiger charge is -2.31. The lowest BCUT2D eigenvalue weighted by molar-refractivity contribution is 0.0947. The summed E-state index contributed by atoms with van der Waals surface area (Å²) in [5, 5.41) is 7.76. The van der Waals surface area contributed by atoms with Crippen molar-refractivity contribution in [3.63, 3.8) is 0 Å². The summed E-state index contributed by atoms with van der Waals surface area (Å²) in [6.07, 6.45) is 0.716. The van der Waals surface area contributed by atoms with E-state index in [0.29, 0.717) is 6.42 Å². The molecule has 0 bridgehead atoms. The van der Waals surface area contributed by atoms with Crippen LogP contribution in [0, 0.1) is 10.8 Å². The summed E-state index contributed by atoms with van der Waals surface area (Å²) in [5.74, 6) is -0.494. The molecule has 0 unspecified atom stereocenters. The van der Waals surface area contributed by atoms with Crippen molar-refractivity contribution in [1.29, 1.82) is 5.41 Å². The lowest BCUT2D eigenvalue weighted by atomic mass is 9.90. The molecule has 96 valence electrons. The van der Waals surface area contributed by atoms with E-state index in [1.807, 2.05) is 20.8 Å². The van der Waals surface area contributed by atoms with Crippen LogP contribution in [0.2, 0.25) is 0 Å². The third-order valence-corrected chi connectivity index (χ3v) is 3.47. The highest BCUT2D eigenvalue weighted by molar-refractivity contribution is 7.85. The molecule has 0 aliphatic rings. The maximum absolute atomic E-state index is 10.8. The standard InChI is InChI=1S/C10H21NO4S/c1-6-9(2,3)8(11)15-10(4,5)7-16(12,13)14/h11H,6-7H2,1-5H3,(H,12,13,14). The molecule has 5 nitrogen and oxygen atoms in total. The Morgan fingerprint density at radius 3 is 2.06 bits per heavy atom. The first-order chi connectivity index (χ1) is 6.90. The van der Waals surface area contributed by atoms with Crippen LogP contribution in [0.15, 0.2) is 0 Å². The van der Waals surface area contributed by atoms with Crippen LogP contribution in [0.3, 0.4) is 0 Å². The first-order valence-corrected chi connectivity index (χ1v) is 6.74. The molecular weight excluding hydrogens is 230 g/mol. The third kappa shape index (κ3) is 5.46. The van der Waals surface area contributed by atoms with E-state index < -0.39 is 26.9 Å². The van der Waals surface area contributed by atoms with Gasteiger partial charge in [-0.05, 0) is 20.3 Å². The molecule has 0 aliphatic heterocycles. The minimum atomic E-state index is -4.10. The zero-order valence-electron chi connectivity index (χ0n) is 10.5. The number of rotatable bonds is 5. The monoisotopic (exact) mass is 251 g/mol. The van der Waals surface area contributed by atoms with Gasteiger partial charge in [0.2, 0.25) is 0 Å². The van der Waals surface area contributed by atoms with Crippen molar-refractivity contribution in [1.82, 2.24) is 0 Å². The molecule has 0 aromatic carbocycles. The summed E-state index contributed by atoms with van der Waals surface area (Å²) < 4.78 is 35.6. The maximum Gasteiger partial charge on any atom is 0.268 e. The Balaban J connectivity index is 4.67. The van der Waals surface area contributed by atoms with Crippen LogP contribution in [0.4, 0.5) is 0 Å². The van der Waals surface area contributed by atoms with Gasteiger partial charge in [0.15, 0.2) is 5.90 Å².